The van der Waals surface area contributed by atoms with Gasteiger partial charge in [0.15, 0.2) is 0 Å². The van der Waals surface area contributed by atoms with Crippen molar-refractivity contribution in [1.82, 2.24) is 10.6 Å². The highest BCUT2D eigenvalue weighted by Crippen LogP contribution is 2.18. The van der Waals surface area contributed by atoms with Crippen molar-refractivity contribution < 1.29 is 13.2 Å². The van der Waals surface area contributed by atoms with Gasteiger partial charge < -0.3 is 10.6 Å². The van der Waals surface area contributed by atoms with Crippen LogP contribution in [0.4, 0.5) is 0 Å². The van der Waals surface area contributed by atoms with Crippen molar-refractivity contribution in [2.24, 2.45) is 5.14 Å². The maximum absolute atomic E-state index is 11.4. The van der Waals surface area contributed by atoms with E-state index in [1.165, 1.54) is 12.1 Å². The Morgan fingerprint density at radius 1 is 1.19 bits per heavy atom. The van der Waals surface area contributed by atoms with Crippen LogP contribution in [0, 0.1) is 0 Å². The molecule has 1 amide bonds. The number of primary sulfonamides is 1. The zero-order valence-corrected chi connectivity index (χ0v) is 12.7. The molecule has 1 aliphatic carbocycles. The van der Waals surface area contributed by atoms with Crippen LogP contribution >= 0.6 is 0 Å². The predicted molar refractivity (Wildman–Crippen MR) is 80.2 cm³/mol. The average molecular weight is 311 g/mol. The van der Waals surface area contributed by atoms with Gasteiger partial charge in [-0.05, 0) is 43.5 Å². The molecule has 1 fully saturated rings. The van der Waals surface area contributed by atoms with E-state index in [9.17, 15) is 13.2 Å². The minimum absolute atomic E-state index is 0.0995. The summed E-state index contributed by atoms with van der Waals surface area (Å²) in [5.74, 6) is 0.0995. The first-order chi connectivity index (χ1) is 9.95. The maximum atomic E-state index is 11.4. The highest BCUT2D eigenvalue weighted by Gasteiger charge is 2.22. The number of nitrogens with two attached hydrogens (primary N) is 1. The van der Waals surface area contributed by atoms with Crippen LogP contribution in [-0.2, 0) is 21.2 Å². The smallest absolute Gasteiger partial charge is 0.238 e. The number of hydrogen-bond acceptors (Lipinski definition) is 4. The largest absolute Gasteiger partial charge is 0.353 e. The van der Waals surface area contributed by atoms with E-state index in [1.54, 1.807) is 12.1 Å². The molecule has 0 atom stereocenters. The SMILES string of the molecule is NS(=O)(=O)c1ccc(CCNCCC(=O)NC2CC2)cc1. The lowest BCUT2D eigenvalue weighted by Gasteiger charge is -2.06. The van der Waals surface area contributed by atoms with Crippen LogP contribution in [0.25, 0.3) is 0 Å². The Morgan fingerprint density at radius 3 is 2.43 bits per heavy atom. The lowest BCUT2D eigenvalue weighted by atomic mass is 10.1. The summed E-state index contributed by atoms with van der Waals surface area (Å²) in [7, 11) is -3.62. The summed E-state index contributed by atoms with van der Waals surface area (Å²) in [6.45, 7) is 1.39. The molecule has 4 N–H and O–H groups in total. The van der Waals surface area contributed by atoms with Gasteiger partial charge in [-0.2, -0.15) is 0 Å². The third-order valence-electron chi connectivity index (χ3n) is 3.31. The van der Waals surface area contributed by atoms with E-state index in [-0.39, 0.29) is 10.8 Å². The summed E-state index contributed by atoms with van der Waals surface area (Å²) >= 11 is 0. The fourth-order valence-electron chi connectivity index (χ4n) is 1.93. The summed E-state index contributed by atoms with van der Waals surface area (Å²) in [6, 6.07) is 6.93. The van der Waals surface area contributed by atoms with Crippen molar-refractivity contribution in [3.63, 3.8) is 0 Å². The topological polar surface area (TPSA) is 101 Å². The van der Waals surface area contributed by atoms with Gasteiger partial charge in [-0.25, -0.2) is 13.6 Å². The molecule has 0 radical (unpaired) electrons. The van der Waals surface area contributed by atoms with Gasteiger partial charge in [-0.1, -0.05) is 12.1 Å². The second-order valence-corrected chi connectivity index (χ2v) is 6.84. The molecule has 1 aromatic rings. The summed E-state index contributed by atoms with van der Waals surface area (Å²) in [4.78, 5) is 11.6. The number of carbonyl (C=O) groups excluding carboxylic acids is 1. The standard InChI is InChI=1S/C14H21N3O3S/c15-21(19,20)13-5-1-11(2-6-13)7-9-16-10-8-14(18)17-12-3-4-12/h1-2,5-6,12,16H,3-4,7-10H2,(H,17,18)(H2,15,19,20). The van der Waals surface area contributed by atoms with Crippen LogP contribution in [0.1, 0.15) is 24.8 Å². The van der Waals surface area contributed by atoms with Crippen molar-refractivity contribution in [2.45, 2.75) is 36.6 Å². The minimum atomic E-state index is -3.62. The fraction of sp³-hybridized carbons (Fsp3) is 0.500. The Bertz CT molecular complexity index is 580. The zero-order valence-electron chi connectivity index (χ0n) is 11.8. The molecule has 7 heteroatoms. The van der Waals surface area contributed by atoms with Gasteiger partial charge >= 0.3 is 0 Å². The highest BCUT2D eigenvalue weighted by molar-refractivity contribution is 7.89. The van der Waals surface area contributed by atoms with Gasteiger partial charge in [-0.15, -0.1) is 0 Å². The van der Waals surface area contributed by atoms with Crippen molar-refractivity contribution in [3.05, 3.63) is 29.8 Å². The molecule has 0 heterocycles. The number of carbonyl (C=O) groups is 1. The van der Waals surface area contributed by atoms with Gasteiger partial charge in [0.1, 0.15) is 0 Å². The maximum Gasteiger partial charge on any atom is 0.238 e. The first-order valence-electron chi connectivity index (χ1n) is 7.07. The van der Waals surface area contributed by atoms with Gasteiger partial charge in [0.25, 0.3) is 0 Å². The number of hydrogen-bond donors (Lipinski definition) is 3. The quantitative estimate of drug-likeness (QED) is 0.594. The second-order valence-electron chi connectivity index (χ2n) is 5.28. The molecular weight excluding hydrogens is 290 g/mol. The Labute approximate surface area is 125 Å². The van der Waals surface area contributed by atoms with Gasteiger partial charge in [0, 0.05) is 19.0 Å². The first kappa shape index (κ1) is 15.9. The molecule has 6 nitrogen and oxygen atoms in total. The summed E-state index contributed by atoms with van der Waals surface area (Å²) in [6.07, 6.45) is 3.47. The second kappa shape index (κ2) is 7.02. The predicted octanol–water partition coefficient (Wildman–Crippen LogP) is 0.135. The Morgan fingerprint density at radius 2 is 1.86 bits per heavy atom. The third kappa shape index (κ3) is 5.82. The molecule has 0 unspecified atom stereocenters. The van der Waals surface area contributed by atoms with E-state index in [0.717, 1.165) is 31.4 Å². The normalized spacial score (nSPS) is 14.9. The zero-order chi connectivity index (χ0) is 15.3. The molecule has 1 aromatic carbocycles. The average Bonchev–Trinajstić information content (AvgIpc) is 3.22. The van der Waals surface area contributed by atoms with E-state index in [4.69, 9.17) is 5.14 Å². The van der Waals surface area contributed by atoms with Gasteiger partial charge in [0.05, 0.1) is 4.90 Å². The lowest BCUT2D eigenvalue weighted by Crippen LogP contribution is -2.29. The molecule has 116 valence electrons. The van der Waals surface area contributed by atoms with E-state index in [2.05, 4.69) is 10.6 Å². The summed E-state index contributed by atoms with van der Waals surface area (Å²) in [5.41, 5.74) is 1.03. The van der Waals surface area contributed by atoms with Crippen LogP contribution in [-0.4, -0.2) is 33.5 Å². The van der Waals surface area contributed by atoms with Crippen LogP contribution < -0.4 is 15.8 Å². The molecular formula is C14H21N3O3S. The lowest BCUT2D eigenvalue weighted by molar-refractivity contribution is -0.121. The molecule has 1 saturated carbocycles. The van der Waals surface area contributed by atoms with E-state index in [0.29, 0.717) is 19.0 Å². The fourth-order valence-corrected chi connectivity index (χ4v) is 2.45. The molecule has 21 heavy (non-hydrogen) atoms. The molecule has 0 saturated heterocycles. The summed E-state index contributed by atoms with van der Waals surface area (Å²) < 4.78 is 22.2. The Hall–Kier alpha value is -1.44. The number of benzene rings is 1. The van der Waals surface area contributed by atoms with Crippen LogP contribution in [0.15, 0.2) is 29.2 Å². The van der Waals surface area contributed by atoms with Gasteiger partial charge in [0.2, 0.25) is 15.9 Å². The monoisotopic (exact) mass is 311 g/mol. The van der Waals surface area contributed by atoms with Gasteiger partial charge in [-0.3, -0.25) is 4.79 Å². The van der Waals surface area contributed by atoms with Crippen LogP contribution in [0.3, 0.4) is 0 Å². The van der Waals surface area contributed by atoms with Crippen molar-refractivity contribution in [2.75, 3.05) is 13.1 Å². The molecule has 0 aromatic heterocycles. The third-order valence-corrected chi connectivity index (χ3v) is 4.24. The Kier molecular flexibility index (Phi) is 5.33. The van der Waals surface area contributed by atoms with Crippen LogP contribution in [0.2, 0.25) is 0 Å². The molecule has 1 aliphatic rings. The molecule has 0 bridgehead atoms. The molecule has 0 aliphatic heterocycles. The number of amides is 1. The number of sulfonamides is 1. The highest BCUT2D eigenvalue weighted by atomic mass is 32.2. The van der Waals surface area contributed by atoms with E-state index < -0.39 is 10.0 Å². The van der Waals surface area contributed by atoms with Crippen LogP contribution in [0.5, 0.6) is 0 Å². The number of rotatable bonds is 8. The molecule has 0 spiro atoms. The van der Waals surface area contributed by atoms with Crippen molar-refractivity contribution in [3.8, 4) is 0 Å². The van der Waals surface area contributed by atoms with E-state index >= 15 is 0 Å². The van der Waals surface area contributed by atoms with Crippen molar-refractivity contribution >= 4 is 15.9 Å². The Balaban J connectivity index is 1.63. The first-order valence-corrected chi connectivity index (χ1v) is 8.61. The van der Waals surface area contributed by atoms with E-state index in [1.807, 2.05) is 0 Å². The minimum Gasteiger partial charge on any atom is -0.353 e. The number of nitrogens with one attached hydrogen (secondary N) is 2. The summed E-state index contributed by atoms with van der Waals surface area (Å²) in [5, 5.41) is 11.2. The molecule has 2 rings (SSSR count). The van der Waals surface area contributed by atoms with Crippen molar-refractivity contribution in [1.29, 1.82) is 0 Å².